The summed E-state index contributed by atoms with van der Waals surface area (Å²) in [6.45, 7) is 2.94. The minimum Gasteiger partial charge on any atom is -0.314 e. The molecule has 0 amide bonds. The van der Waals surface area contributed by atoms with E-state index in [0.717, 1.165) is 19.2 Å². The molecule has 9 heteroatoms. The summed E-state index contributed by atoms with van der Waals surface area (Å²) in [7, 11) is 0. The summed E-state index contributed by atoms with van der Waals surface area (Å²) >= 11 is 5.64. The van der Waals surface area contributed by atoms with Gasteiger partial charge in [-0.2, -0.15) is 18.4 Å². The molecule has 2 rings (SSSR count). The Kier molecular flexibility index (Phi) is 9.26. The van der Waals surface area contributed by atoms with Crippen molar-refractivity contribution in [3.8, 4) is 6.07 Å². The lowest BCUT2D eigenvalue weighted by atomic mass is 9.99. The van der Waals surface area contributed by atoms with Gasteiger partial charge in [0.1, 0.15) is 0 Å². The molecule has 0 radical (unpaired) electrons. The Morgan fingerprint density at radius 2 is 1.87 bits per heavy atom. The summed E-state index contributed by atoms with van der Waals surface area (Å²) in [5.74, 6) is 0. The molecule has 1 aromatic carbocycles. The van der Waals surface area contributed by atoms with Gasteiger partial charge in [0.25, 0.3) is 0 Å². The van der Waals surface area contributed by atoms with E-state index >= 15 is 0 Å². The summed E-state index contributed by atoms with van der Waals surface area (Å²) in [5.41, 5.74) is -0.366. The van der Waals surface area contributed by atoms with E-state index in [-0.39, 0.29) is 42.3 Å². The molecule has 3 nitrogen and oxygen atoms in total. The number of halogens is 6. The Morgan fingerprint density at radius 3 is 2.39 bits per heavy atom. The van der Waals surface area contributed by atoms with Crippen LogP contribution in [0.1, 0.15) is 23.6 Å². The number of piperazine rings is 1. The highest BCUT2D eigenvalue weighted by atomic mass is 35.5. The second kappa shape index (κ2) is 9.55. The Bertz CT molecular complexity index is 540. The first-order chi connectivity index (χ1) is 9.93. The van der Waals surface area contributed by atoms with E-state index in [4.69, 9.17) is 16.9 Å². The molecule has 1 heterocycles. The molecular formula is C14H17Cl3F3N3. The van der Waals surface area contributed by atoms with Crippen LogP contribution in [0.3, 0.4) is 0 Å². The highest BCUT2D eigenvalue weighted by Gasteiger charge is 2.34. The van der Waals surface area contributed by atoms with E-state index in [1.54, 1.807) is 6.07 Å². The fraction of sp³-hybridized carbons (Fsp3) is 0.500. The first-order valence-electron chi connectivity index (χ1n) is 6.62. The van der Waals surface area contributed by atoms with E-state index in [1.165, 1.54) is 6.07 Å². The van der Waals surface area contributed by atoms with Crippen LogP contribution in [-0.4, -0.2) is 31.1 Å². The van der Waals surface area contributed by atoms with Crippen LogP contribution in [-0.2, 0) is 6.18 Å². The third kappa shape index (κ3) is 5.70. The van der Waals surface area contributed by atoms with Crippen LogP contribution in [0.4, 0.5) is 13.2 Å². The zero-order valence-corrected chi connectivity index (χ0v) is 14.5. The van der Waals surface area contributed by atoms with Gasteiger partial charge in [0.15, 0.2) is 0 Å². The Labute approximate surface area is 150 Å². The van der Waals surface area contributed by atoms with Crippen LogP contribution >= 0.6 is 36.4 Å². The van der Waals surface area contributed by atoms with Crippen molar-refractivity contribution in [2.24, 2.45) is 0 Å². The Balaban J connectivity index is 0.00000242. The first kappa shape index (κ1) is 22.3. The van der Waals surface area contributed by atoms with Crippen molar-refractivity contribution >= 4 is 36.4 Å². The number of alkyl halides is 3. The van der Waals surface area contributed by atoms with Gasteiger partial charge in [-0.25, -0.2) is 0 Å². The number of benzene rings is 1. The van der Waals surface area contributed by atoms with Crippen LogP contribution in [0.15, 0.2) is 18.2 Å². The summed E-state index contributed by atoms with van der Waals surface area (Å²) in [6.07, 6.45) is -4.34. The predicted octanol–water partition coefficient (Wildman–Crippen LogP) is 4.06. The fourth-order valence-corrected chi connectivity index (χ4v) is 2.73. The molecule has 0 saturated carbocycles. The average Bonchev–Trinajstić information content (AvgIpc) is 2.45. The molecule has 0 spiro atoms. The van der Waals surface area contributed by atoms with E-state index in [1.807, 2.05) is 4.90 Å². The molecule has 1 aromatic rings. The highest BCUT2D eigenvalue weighted by molar-refractivity contribution is 6.31. The number of nitriles is 1. The Hall–Kier alpha value is -0.710. The third-order valence-corrected chi connectivity index (χ3v) is 3.89. The van der Waals surface area contributed by atoms with Crippen LogP contribution in [0.5, 0.6) is 0 Å². The molecule has 0 unspecified atom stereocenters. The molecule has 1 N–H and O–H groups in total. The first-order valence-corrected chi connectivity index (χ1v) is 6.99. The SMILES string of the molecule is Cl.Cl.N#CC[C@@H](c1ccc(Cl)c(C(F)(F)F)c1)N1CCNCC1. The van der Waals surface area contributed by atoms with Crippen molar-refractivity contribution in [1.29, 1.82) is 5.26 Å². The van der Waals surface area contributed by atoms with Gasteiger partial charge in [-0.15, -0.1) is 24.8 Å². The lowest BCUT2D eigenvalue weighted by Gasteiger charge is -2.34. The second-order valence-electron chi connectivity index (χ2n) is 4.90. The van der Waals surface area contributed by atoms with Crippen molar-refractivity contribution in [3.63, 3.8) is 0 Å². The van der Waals surface area contributed by atoms with Gasteiger partial charge in [-0.3, -0.25) is 4.90 Å². The van der Waals surface area contributed by atoms with E-state index in [9.17, 15) is 13.2 Å². The van der Waals surface area contributed by atoms with Gasteiger partial charge in [0.2, 0.25) is 0 Å². The summed E-state index contributed by atoms with van der Waals surface area (Å²) in [6, 6.07) is 5.61. The van der Waals surface area contributed by atoms with Crippen LogP contribution < -0.4 is 5.32 Å². The molecule has 1 atom stereocenters. The van der Waals surface area contributed by atoms with Crippen LogP contribution in [0.2, 0.25) is 5.02 Å². The topological polar surface area (TPSA) is 39.1 Å². The van der Waals surface area contributed by atoms with Gasteiger partial charge >= 0.3 is 6.18 Å². The minimum absolute atomic E-state index is 0. The number of nitrogens with one attached hydrogen (secondary N) is 1. The molecule has 1 aliphatic rings. The smallest absolute Gasteiger partial charge is 0.314 e. The molecule has 0 aliphatic carbocycles. The maximum Gasteiger partial charge on any atom is 0.417 e. The maximum absolute atomic E-state index is 12.9. The molecule has 1 aliphatic heterocycles. The third-order valence-electron chi connectivity index (χ3n) is 3.56. The van der Waals surface area contributed by atoms with Gasteiger partial charge < -0.3 is 5.32 Å². The van der Waals surface area contributed by atoms with Crippen LogP contribution in [0, 0.1) is 11.3 Å². The average molecular weight is 391 g/mol. The summed E-state index contributed by atoms with van der Waals surface area (Å²) in [5, 5.41) is 11.8. The van der Waals surface area contributed by atoms with Crippen molar-refractivity contribution in [3.05, 3.63) is 34.3 Å². The van der Waals surface area contributed by atoms with Crippen molar-refractivity contribution < 1.29 is 13.2 Å². The molecule has 130 valence electrons. The van der Waals surface area contributed by atoms with Gasteiger partial charge in [0.05, 0.1) is 23.1 Å². The largest absolute Gasteiger partial charge is 0.417 e. The summed E-state index contributed by atoms with van der Waals surface area (Å²) < 4.78 is 38.8. The van der Waals surface area contributed by atoms with Gasteiger partial charge in [-0.1, -0.05) is 17.7 Å². The summed E-state index contributed by atoms with van der Waals surface area (Å²) in [4.78, 5) is 2.03. The zero-order chi connectivity index (χ0) is 15.5. The molecular weight excluding hydrogens is 374 g/mol. The molecule has 0 bridgehead atoms. The van der Waals surface area contributed by atoms with Crippen LogP contribution in [0.25, 0.3) is 0 Å². The lowest BCUT2D eigenvalue weighted by Crippen LogP contribution is -2.45. The van der Waals surface area contributed by atoms with E-state index < -0.39 is 11.7 Å². The van der Waals surface area contributed by atoms with Crippen molar-refractivity contribution in [1.82, 2.24) is 10.2 Å². The molecule has 1 fully saturated rings. The zero-order valence-electron chi connectivity index (χ0n) is 12.1. The van der Waals surface area contributed by atoms with Crippen molar-refractivity contribution in [2.75, 3.05) is 26.2 Å². The quantitative estimate of drug-likeness (QED) is 0.846. The second-order valence-corrected chi connectivity index (χ2v) is 5.31. The van der Waals surface area contributed by atoms with Crippen molar-refractivity contribution in [2.45, 2.75) is 18.6 Å². The number of rotatable bonds is 3. The molecule has 23 heavy (non-hydrogen) atoms. The van der Waals surface area contributed by atoms with Gasteiger partial charge in [0, 0.05) is 32.2 Å². The van der Waals surface area contributed by atoms with Gasteiger partial charge in [-0.05, 0) is 17.7 Å². The minimum atomic E-state index is -4.49. The standard InChI is InChI=1S/C14H15ClF3N3.2ClH/c15-12-2-1-10(9-11(12)14(16,17)18)13(3-4-19)21-7-5-20-6-8-21;;/h1-2,9,13,20H,3,5-8H2;2*1H/t13-;;/m0../s1. The normalized spacial score (nSPS) is 16.7. The van der Waals surface area contributed by atoms with E-state index in [0.29, 0.717) is 18.7 Å². The van der Waals surface area contributed by atoms with E-state index in [2.05, 4.69) is 11.4 Å². The molecule has 0 aromatic heterocycles. The number of nitrogens with zero attached hydrogens (tertiary/aromatic N) is 2. The maximum atomic E-state index is 12.9. The number of hydrogen-bond donors (Lipinski definition) is 1. The number of hydrogen-bond acceptors (Lipinski definition) is 3. The highest BCUT2D eigenvalue weighted by Crippen LogP contribution is 2.37. The monoisotopic (exact) mass is 389 g/mol. The molecule has 1 saturated heterocycles. The lowest BCUT2D eigenvalue weighted by molar-refractivity contribution is -0.137. The Morgan fingerprint density at radius 1 is 1.26 bits per heavy atom. The predicted molar refractivity (Wildman–Crippen MR) is 88.4 cm³/mol. The fourth-order valence-electron chi connectivity index (χ4n) is 2.51.